The molecule has 0 fully saturated rings. The summed E-state index contributed by atoms with van der Waals surface area (Å²) in [5.74, 6) is -0.00786. The lowest BCUT2D eigenvalue weighted by atomic mass is 10.1. The van der Waals surface area contributed by atoms with Gasteiger partial charge in [0.2, 0.25) is 0 Å². The van der Waals surface area contributed by atoms with Gasteiger partial charge in [0.15, 0.2) is 9.84 Å². The van der Waals surface area contributed by atoms with E-state index in [1.807, 2.05) is 49.4 Å². The van der Waals surface area contributed by atoms with Crippen molar-refractivity contribution in [3.8, 4) is 5.75 Å². The predicted molar refractivity (Wildman–Crippen MR) is 114 cm³/mol. The highest BCUT2D eigenvalue weighted by atomic mass is 35.5. The molecule has 0 aliphatic heterocycles. The van der Waals surface area contributed by atoms with Crippen molar-refractivity contribution in [2.24, 2.45) is 0 Å². The number of nitrogens with one attached hydrogen (secondary N) is 1. The molecule has 3 aromatic carbocycles. The van der Waals surface area contributed by atoms with Gasteiger partial charge in [0.1, 0.15) is 12.4 Å². The van der Waals surface area contributed by atoms with Gasteiger partial charge in [-0.25, -0.2) is 8.42 Å². The third-order valence-electron chi connectivity index (χ3n) is 4.23. The first-order valence-corrected chi connectivity index (χ1v) is 11.1. The number of hydrogen-bond donors (Lipinski definition) is 1. The molecule has 0 aromatic heterocycles. The number of carbonyl (C=O) groups is 1. The Labute approximate surface area is 175 Å². The molecule has 150 valence electrons. The van der Waals surface area contributed by atoms with E-state index >= 15 is 0 Å². The van der Waals surface area contributed by atoms with Crippen LogP contribution in [-0.2, 0) is 16.4 Å². The van der Waals surface area contributed by atoms with E-state index in [0.717, 1.165) is 17.4 Å². The standard InChI is InChI=1S/C22H20ClNO4S/c1-15-8-11-20(21(12-15)28-14-16-6-4-3-5-7-16)24-22(25)18-13-17(29(2,26)27)9-10-19(18)23/h3-13H,14H2,1-2H3,(H,24,25). The van der Waals surface area contributed by atoms with E-state index in [9.17, 15) is 13.2 Å². The molecule has 0 unspecified atom stereocenters. The molecule has 0 radical (unpaired) electrons. The van der Waals surface area contributed by atoms with E-state index in [1.54, 1.807) is 6.07 Å². The smallest absolute Gasteiger partial charge is 0.257 e. The maximum Gasteiger partial charge on any atom is 0.257 e. The summed E-state index contributed by atoms with van der Waals surface area (Å²) in [7, 11) is -3.46. The number of amides is 1. The summed E-state index contributed by atoms with van der Waals surface area (Å²) in [5.41, 5.74) is 2.51. The largest absolute Gasteiger partial charge is 0.487 e. The average molecular weight is 430 g/mol. The summed E-state index contributed by atoms with van der Waals surface area (Å²) < 4.78 is 29.5. The highest BCUT2D eigenvalue weighted by Crippen LogP contribution is 2.28. The zero-order valence-electron chi connectivity index (χ0n) is 16.0. The van der Waals surface area contributed by atoms with Crippen LogP contribution in [0.2, 0.25) is 5.02 Å². The van der Waals surface area contributed by atoms with Crippen LogP contribution in [-0.4, -0.2) is 20.6 Å². The fourth-order valence-corrected chi connectivity index (χ4v) is 3.54. The minimum Gasteiger partial charge on any atom is -0.487 e. The van der Waals surface area contributed by atoms with E-state index in [0.29, 0.717) is 18.0 Å². The Hall–Kier alpha value is -2.83. The Bertz CT molecular complexity index is 1140. The second-order valence-electron chi connectivity index (χ2n) is 6.64. The van der Waals surface area contributed by atoms with E-state index < -0.39 is 15.7 Å². The monoisotopic (exact) mass is 429 g/mol. The molecule has 5 nitrogen and oxygen atoms in total. The second kappa shape index (κ2) is 8.68. The Morgan fingerprint density at radius 1 is 1.03 bits per heavy atom. The maximum absolute atomic E-state index is 12.8. The molecule has 0 bridgehead atoms. The molecule has 1 N–H and O–H groups in total. The van der Waals surface area contributed by atoms with Gasteiger partial charge in [-0.15, -0.1) is 0 Å². The van der Waals surface area contributed by atoms with Crippen molar-refractivity contribution in [1.29, 1.82) is 0 Å². The molecule has 3 aromatic rings. The summed E-state index contributed by atoms with van der Waals surface area (Å²) in [6.07, 6.45) is 1.08. The summed E-state index contributed by atoms with van der Waals surface area (Å²) in [6.45, 7) is 2.27. The van der Waals surface area contributed by atoms with Crippen LogP contribution in [0.4, 0.5) is 5.69 Å². The Kier molecular flexibility index (Phi) is 6.25. The van der Waals surface area contributed by atoms with Crippen LogP contribution in [0.5, 0.6) is 5.75 Å². The van der Waals surface area contributed by atoms with E-state index in [4.69, 9.17) is 16.3 Å². The van der Waals surface area contributed by atoms with Gasteiger partial charge in [-0.3, -0.25) is 4.79 Å². The highest BCUT2D eigenvalue weighted by Gasteiger charge is 2.17. The number of rotatable bonds is 6. The van der Waals surface area contributed by atoms with Gasteiger partial charge in [-0.2, -0.15) is 0 Å². The van der Waals surface area contributed by atoms with Crippen LogP contribution in [0.15, 0.2) is 71.6 Å². The first kappa shape index (κ1) is 20.9. The zero-order valence-corrected chi connectivity index (χ0v) is 17.5. The average Bonchev–Trinajstić information content (AvgIpc) is 2.68. The quantitative estimate of drug-likeness (QED) is 0.605. The molecule has 7 heteroatoms. The molecular weight excluding hydrogens is 410 g/mol. The van der Waals surface area contributed by atoms with E-state index in [2.05, 4.69) is 5.32 Å². The van der Waals surface area contributed by atoms with Crippen LogP contribution in [0.3, 0.4) is 0 Å². The molecule has 1 amide bonds. The third-order valence-corrected chi connectivity index (χ3v) is 5.67. The third kappa shape index (κ3) is 5.37. The first-order chi connectivity index (χ1) is 13.7. The van der Waals surface area contributed by atoms with E-state index in [1.165, 1.54) is 18.2 Å². The number of sulfone groups is 1. The van der Waals surface area contributed by atoms with Gasteiger partial charge in [0, 0.05) is 6.26 Å². The van der Waals surface area contributed by atoms with Crippen molar-refractivity contribution in [3.05, 3.63) is 88.4 Å². The fraction of sp³-hybridized carbons (Fsp3) is 0.136. The Balaban J connectivity index is 1.85. The van der Waals surface area contributed by atoms with Crippen molar-refractivity contribution in [2.75, 3.05) is 11.6 Å². The SMILES string of the molecule is Cc1ccc(NC(=O)c2cc(S(C)(=O)=O)ccc2Cl)c(OCc2ccccc2)c1. The fourth-order valence-electron chi connectivity index (χ4n) is 2.69. The minimum atomic E-state index is -3.46. The van der Waals surface area contributed by atoms with Crippen molar-refractivity contribution in [3.63, 3.8) is 0 Å². The van der Waals surface area contributed by atoms with Gasteiger partial charge in [-0.05, 0) is 48.4 Å². The molecule has 0 heterocycles. The zero-order chi connectivity index (χ0) is 21.0. The minimum absolute atomic E-state index is 0.0245. The number of hydrogen-bond acceptors (Lipinski definition) is 4. The molecule has 0 saturated carbocycles. The van der Waals surface area contributed by atoms with Gasteiger partial charge in [0.05, 0.1) is 21.2 Å². The van der Waals surface area contributed by atoms with Crippen LogP contribution in [0.25, 0.3) is 0 Å². The predicted octanol–water partition coefficient (Wildman–Crippen LogP) is 4.88. The number of halogens is 1. The van der Waals surface area contributed by atoms with Crippen LogP contribution < -0.4 is 10.1 Å². The summed E-state index contributed by atoms with van der Waals surface area (Å²) in [4.78, 5) is 12.8. The lowest BCUT2D eigenvalue weighted by molar-refractivity contribution is 0.102. The number of benzene rings is 3. The van der Waals surface area contributed by atoms with Gasteiger partial charge >= 0.3 is 0 Å². The van der Waals surface area contributed by atoms with Crippen molar-refractivity contribution < 1.29 is 17.9 Å². The van der Waals surface area contributed by atoms with Gasteiger partial charge in [0.25, 0.3) is 5.91 Å². The molecule has 3 rings (SSSR count). The van der Waals surface area contributed by atoms with Gasteiger partial charge in [-0.1, -0.05) is 48.0 Å². The molecule has 0 aliphatic rings. The molecule has 0 saturated heterocycles. The Morgan fingerprint density at radius 2 is 1.76 bits per heavy atom. The number of ether oxygens (including phenoxy) is 1. The summed E-state index contributed by atoms with van der Waals surface area (Å²) in [6, 6.07) is 19.1. The molecule has 0 atom stereocenters. The normalized spacial score (nSPS) is 11.1. The van der Waals surface area contributed by atoms with Crippen LogP contribution in [0.1, 0.15) is 21.5 Å². The number of aryl methyl sites for hydroxylation is 1. The summed E-state index contributed by atoms with van der Waals surface area (Å²) in [5, 5.41) is 2.93. The Morgan fingerprint density at radius 3 is 2.45 bits per heavy atom. The number of carbonyl (C=O) groups excluding carboxylic acids is 1. The highest BCUT2D eigenvalue weighted by molar-refractivity contribution is 7.90. The van der Waals surface area contributed by atoms with Gasteiger partial charge < -0.3 is 10.1 Å². The van der Waals surface area contributed by atoms with Crippen LogP contribution in [0, 0.1) is 6.92 Å². The number of anilines is 1. The molecular formula is C22H20ClNO4S. The molecule has 29 heavy (non-hydrogen) atoms. The lowest BCUT2D eigenvalue weighted by Gasteiger charge is -2.14. The van der Waals surface area contributed by atoms with E-state index in [-0.39, 0.29) is 15.5 Å². The van der Waals surface area contributed by atoms with Crippen molar-refractivity contribution in [1.82, 2.24) is 0 Å². The maximum atomic E-state index is 12.8. The summed E-state index contributed by atoms with van der Waals surface area (Å²) >= 11 is 6.13. The van der Waals surface area contributed by atoms with Crippen molar-refractivity contribution in [2.45, 2.75) is 18.4 Å². The first-order valence-electron chi connectivity index (χ1n) is 8.82. The molecule has 0 aliphatic carbocycles. The van der Waals surface area contributed by atoms with Crippen LogP contribution >= 0.6 is 11.6 Å². The van der Waals surface area contributed by atoms with Crippen molar-refractivity contribution >= 4 is 33.0 Å². The second-order valence-corrected chi connectivity index (χ2v) is 9.06. The molecule has 0 spiro atoms. The lowest BCUT2D eigenvalue weighted by Crippen LogP contribution is -2.14. The topological polar surface area (TPSA) is 72.5 Å².